The Hall–Kier alpha value is -0.650. The third-order valence-corrected chi connectivity index (χ3v) is 4.19. The van der Waals surface area contributed by atoms with Gasteiger partial charge in [0.25, 0.3) is 0 Å². The van der Waals surface area contributed by atoms with E-state index in [0.29, 0.717) is 32.6 Å². The second kappa shape index (κ2) is 6.68. The van der Waals surface area contributed by atoms with Gasteiger partial charge < -0.3 is 19.9 Å². The highest BCUT2D eigenvalue weighted by Crippen LogP contribution is 2.24. The van der Waals surface area contributed by atoms with Crippen LogP contribution in [0.5, 0.6) is 0 Å². The number of aliphatic hydroxyl groups is 1. The largest absolute Gasteiger partial charge is 0.388 e. The number of carbonyl (C=O) groups is 1. The van der Waals surface area contributed by atoms with Crippen LogP contribution in [-0.2, 0) is 14.3 Å². The van der Waals surface area contributed by atoms with E-state index in [0.717, 1.165) is 25.9 Å². The first-order valence-electron chi connectivity index (χ1n) is 7.34. The van der Waals surface area contributed by atoms with Crippen molar-refractivity contribution in [2.45, 2.75) is 50.7 Å². The summed E-state index contributed by atoms with van der Waals surface area (Å²) in [6.07, 6.45) is 3.88. The molecule has 2 heterocycles. The van der Waals surface area contributed by atoms with Crippen molar-refractivity contribution in [3.63, 3.8) is 0 Å². The molecule has 2 N–H and O–H groups in total. The van der Waals surface area contributed by atoms with E-state index in [4.69, 9.17) is 9.47 Å². The van der Waals surface area contributed by atoms with Crippen LogP contribution in [0.4, 0.5) is 0 Å². The molecule has 2 fully saturated rings. The van der Waals surface area contributed by atoms with Gasteiger partial charge in [-0.05, 0) is 19.3 Å². The van der Waals surface area contributed by atoms with Crippen LogP contribution >= 0.6 is 0 Å². The van der Waals surface area contributed by atoms with Gasteiger partial charge in [0.15, 0.2) is 0 Å². The summed E-state index contributed by atoms with van der Waals surface area (Å²) in [7, 11) is 0. The van der Waals surface area contributed by atoms with Gasteiger partial charge in [0.05, 0.1) is 17.6 Å². The normalized spacial score (nSPS) is 30.8. The van der Waals surface area contributed by atoms with E-state index in [1.54, 1.807) is 0 Å². The average molecular weight is 271 g/mol. The van der Waals surface area contributed by atoms with Gasteiger partial charge in [-0.15, -0.1) is 0 Å². The number of ether oxygens (including phenoxy) is 2. The van der Waals surface area contributed by atoms with E-state index in [2.05, 4.69) is 5.32 Å². The maximum absolute atomic E-state index is 12.2. The number of nitrogens with one attached hydrogen (secondary N) is 1. The maximum atomic E-state index is 12.2. The molecule has 0 aromatic rings. The molecule has 5 nitrogen and oxygen atoms in total. The van der Waals surface area contributed by atoms with Crippen LogP contribution in [0.2, 0.25) is 0 Å². The first-order valence-corrected chi connectivity index (χ1v) is 7.34. The van der Waals surface area contributed by atoms with Gasteiger partial charge in [0.1, 0.15) is 0 Å². The summed E-state index contributed by atoms with van der Waals surface area (Å²) in [5.74, 6) is -0.0475. The topological polar surface area (TPSA) is 67.8 Å². The Bertz CT molecular complexity index is 302. The molecule has 110 valence electrons. The molecule has 0 radical (unpaired) electrons. The fraction of sp³-hybridized carbons (Fsp3) is 0.929. The maximum Gasteiger partial charge on any atom is 0.225 e. The Balaban J connectivity index is 1.82. The van der Waals surface area contributed by atoms with Crippen molar-refractivity contribution in [3.05, 3.63) is 0 Å². The lowest BCUT2D eigenvalue weighted by Gasteiger charge is -2.34. The molecule has 0 aliphatic carbocycles. The molecule has 0 bridgehead atoms. The molecule has 2 rings (SSSR count). The zero-order valence-corrected chi connectivity index (χ0v) is 11.7. The van der Waals surface area contributed by atoms with Crippen molar-refractivity contribution >= 4 is 5.91 Å². The zero-order valence-electron chi connectivity index (χ0n) is 11.7. The lowest BCUT2D eigenvalue weighted by atomic mass is 9.90. The van der Waals surface area contributed by atoms with E-state index < -0.39 is 5.60 Å². The van der Waals surface area contributed by atoms with Gasteiger partial charge in [-0.3, -0.25) is 4.79 Å². The van der Waals surface area contributed by atoms with Crippen LogP contribution in [0.3, 0.4) is 0 Å². The minimum atomic E-state index is -0.800. The highest BCUT2D eigenvalue weighted by Gasteiger charge is 2.34. The Morgan fingerprint density at radius 1 is 1.37 bits per heavy atom. The van der Waals surface area contributed by atoms with Crippen LogP contribution in [0, 0.1) is 5.92 Å². The fourth-order valence-electron chi connectivity index (χ4n) is 2.85. The van der Waals surface area contributed by atoms with Gasteiger partial charge >= 0.3 is 0 Å². The number of amides is 1. The molecule has 19 heavy (non-hydrogen) atoms. The number of rotatable bonds is 4. The summed E-state index contributed by atoms with van der Waals surface area (Å²) in [5, 5.41) is 13.2. The first kappa shape index (κ1) is 14.8. The first-order chi connectivity index (χ1) is 9.14. The number of hydrogen-bond donors (Lipinski definition) is 2. The summed E-state index contributed by atoms with van der Waals surface area (Å²) in [6.45, 7) is 4.25. The Morgan fingerprint density at radius 2 is 2.11 bits per heavy atom. The van der Waals surface area contributed by atoms with Crippen molar-refractivity contribution < 1.29 is 19.4 Å². The summed E-state index contributed by atoms with van der Waals surface area (Å²) >= 11 is 0. The third kappa shape index (κ3) is 3.91. The van der Waals surface area contributed by atoms with E-state index in [9.17, 15) is 9.90 Å². The van der Waals surface area contributed by atoms with Crippen LogP contribution in [0.1, 0.15) is 39.0 Å². The summed E-state index contributed by atoms with van der Waals surface area (Å²) in [6, 6.07) is 0. The smallest absolute Gasteiger partial charge is 0.225 e. The molecule has 1 amide bonds. The SMILES string of the molecule is CCC1OCCCC1C(=O)NCC1(O)CCOCC1. The summed E-state index contributed by atoms with van der Waals surface area (Å²) < 4.78 is 10.9. The van der Waals surface area contributed by atoms with Gasteiger partial charge in [-0.2, -0.15) is 0 Å². The van der Waals surface area contributed by atoms with Gasteiger partial charge in [-0.25, -0.2) is 0 Å². The molecule has 2 saturated heterocycles. The molecule has 0 aromatic carbocycles. The van der Waals surface area contributed by atoms with E-state index in [1.165, 1.54) is 0 Å². The van der Waals surface area contributed by atoms with Gasteiger partial charge in [0.2, 0.25) is 5.91 Å². The highest BCUT2D eigenvalue weighted by molar-refractivity contribution is 5.79. The average Bonchev–Trinajstić information content (AvgIpc) is 2.45. The summed E-state index contributed by atoms with van der Waals surface area (Å²) in [5.41, 5.74) is -0.800. The van der Waals surface area contributed by atoms with Crippen LogP contribution in [-0.4, -0.2) is 49.1 Å². The van der Waals surface area contributed by atoms with Crippen LogP contribution in [0.25, 0.3) is 0 Å². The third-order valence-electron chi connectivity index (χ3n) is 4.19. The van der Waals surface area contributed by atoms with E-state index in [-0.39, 0.29) is 17.9 Å². The van der Waals surface area contributed by atoms with E-state index >= 15 is 0 Å². The number of hydrogen-bond acceptors (Lipinski definition) is 4. The molecular formula is C14H25NO4. The highest BCUT2D eigenvalue weighted by atomic mass is 16.5. The minimum absolute atomic E-state index is 0.0199. The molecular weight excluding hydrogens is 246 g/mol. The predicted octanol–water partition coefficient (Wildman–Crippen LogP) is 0.849. The molecule has 2 aliphatic rings. The molecule has 2 atom stereocenters. The number of carbonyl (C=O) groups excluding carboxylic acids is 1. The standard InChI is InChI=1S/C14H25NO4/c1-2-12-11(4-3-7-19-12)13(16)15-10-14(17)5-8-18-9-6-14/h11-12,17H,2-10H2,1H3,(H,15,16). The second-order valence-corrected chi connectivity index (χ2v) is 5.62. The molecule has 2 aliphatic heterocycles. The second-order valence-electron chi connectivity index (χ2n) is 5.62. The predicted molar refractivity (Wildman–Crippen MR) is 70.8 cm³/mol. The minimum Gasteiger partial charge on any atom is -0.388 e. The molecule has 0 saturated carbocycles. The van der Waals surface area contributed by atoms with Crippen LogP contribution < -0.4 is 5.32 Å². The van der Waals surface area contributed by atoms with Crippen molar-refractivity contribution in [1.29, 1.82) is 0 Å². The molecule has 0 aromatic heterocycles. The lowest BCUT2D eigenvalue weighted by molar-refractivity contribution is -0.136. The van der Waals surface area contributed by atoms with Crippen molar-refractivity contribution in [2.24, 2.45) is 5.92 Å². The Labute approximate surface area is 114 Å². The van der Waals surface area contributed by atoms with Crippen molar-refractivity contribution in [1.82, 2.24) is 5.32 Å². The van der Waals surface area contributed by atoms with Crippen LogP contribution in [0.15, 0.2) is 0 Å². The molecule has 2 unspecified atom stereocenters. The molecule has 0 spiro atoms. The molecule has 5 heteroatoms. The summed E-state index contributed by atoms with van der Waals surface area (Å²) in [4.78, 5) is 12.2. The Kier molecular flexibility index (Phi) is 5.19. The van der Waals surface area contributed by atoms with Crippen molar-refractivity contribution in [3.8, 4) is 0 Å². The van der Waals surface area contributed by atoms with E-state index in [1.807, 2.05) is 6.92 Å². The lowest BCUT2D eigenvalue weighted by Crippen LogP contribution is -2.50. The van der Waals surface area contributed by atoms with Gasteiger partial charge in [-0.1, -0.05) is 6.92 Å². The zero-order chi connectivity index (χ0) is 13.7. The van der Waals surface area contributed by atoms with Crippen molar-refractivity contribution in [2.75, 3.05) is 26.4 Å². The fourth-order valence-corrected chi connectivity index (χ4v) is 2.85. The van der Waals surface area contributed by atoms with Gasteiger partial charge in [0, 0.05) is 39.2 Å². The quantitative estimate of drug-likeness (QED) is 0.795. The monoisotopic (exact) mass is 271 g/mol. The Morgan fingerprint density at radius 3 is 2.79 bits per heavy atom.